The van der Waals surface area contributed by atoms with Gasteiger partial charge in [0.25, 0.3) is 11.5 Å². The maximum Gasteiger partial charge on any atom is 0.329 e. The minimum absolute atomic E-state index is 0.0223. The van der Waals surface area contributed by atoms with Gasteiger partial charge in [0.2, 0.25) is 11.8 Å². The first kappa shape index (κ1) is 41.3. The van der Waals surface area contributed by atoms with Gasteiger partial charge >= 0.3 is 11.7 Å². The average Bonchev–Trinajstić information content (AvgIpc) is 3.92. The van der Waals surface area contributed by atoms with Crippen LogP contribution < -0.4 is 32.8 Å². The molecule has 1 fully saturated rings. The number of cyclic esters (lactones) is 1. The Morgan fingerprint density at radius 2 is 1.98 bits per heavy atom. The molecule has 5 rings (SSSR count). The van der Waals surface area contributed by atoms with E-state index >= 15 is 0 Å². The van der Waals surface area contributed by atoms with Crippen molar-refractivity contribution in [1.82, 2.24) is 46.5 Å². The Morgan fingerprint density at radius 1 is 1.18 bits per heavy atom. The van der Waals surface area contributed by atoms with Crippen molar-refractivity contribution in [1.29, 1.82) is 0 Å². The number of carbonyl (C=O) groups is 4. The van der Waals surface area contributed by atoms with Crippen LogP contribution in [0.5, 0.6) is 0 Å². The summed E-state index contributed by atoms with van der Waals surface area (Å²) in [6.07, 6.45) is 8.29. The number of aromatic nitrogens is 3. The van der Waals surface area contributed by atoms with Crippen LogP contribution in [-0.2, 0) is 25.5 Å². The fourth-order valence-electron chi connectivity index (χ4n) is 6.59. The Balaban J connectivity index is 1.31. The molecule has 2 aromatic heterocycles. The van der Waals surface area contributed by atoms with E-state index in [0.717, 1.165) is 6.26 Å². The molecular weight excluding hydrogens is 733 g/mol. The first-order valence-corrected chi connectivity index (χ1v) is 18.5. The van der Waals surface area contributed by atoms with E-state index in [9.17, 15) is 38.3 Å². The van der Waals surface area contributed by atoms with Crippen molar-refractivity contribution in [2.75, 3.05) is 26.2 Å². The van der Waals surface area contributed by atoms with Crippen molar-refractivity contribution < 1.29 is 37.8 Å². The second-order valence-electron chi connectivity index (χ2n) is 14.1. The minimum Gasteiger partial charge on any atom is -0.460 e. The largest absolute Gasteiger partial charge is 0.460 e. The number of esters is 1. The number of amides is 3. The van der Waals surface area contributed by atoms with Crippen LogP contribution in [0.15, 0.2) is 68.6 Å². The van der Waals surface area contributed by atoms with Gasteiger partial charge in [0, 0.05) is 50.8 Å². The first-order valence-electron chi connectivity index (χ1n) is 18.5. The SMILES string of the molecule is CC1=C[C@@H](O)C[C@@H](F)Cc2nc(co2)C(=O)N2CCC[C@@H]2C(=O)O[C@H](C(C)C)[C@H](CC(=O)NCCN2C=C(c3c[nH]c(=O)[nH]c3=O)NN2)/C=C/C(=O)NCC=C1. The maximum absolute atomic E-state index is 14.8. The van der Waals surface area contributed by atoms with Gasteiger partial charge in [0.05, 0.1) is 30.3 Å². The molecule has 18 nitrogen and oxygen atoms in total. The molecule has 0 spiro atoms. The summed E-state index contributed by atoms with van der Waals surface area (Å²) in [5.41, 5.74) is 5.61. The molecule has 3 aliphatic rings. The molecule has 2 bridgehead atoms. The number of allylic oxidation sites excluding steroid dienone is 2. The number of halogens is 1. The van der Waals surface area contributed by atoms with E-state index in [2.05, 4.69) is 36.5 Å². The van der Waals surface area contributed by atoms with Crippen LogP contribution >= 0.6 is 0 Å². The van der Waals surface area contributed by atoms with Gasteiger partial charge in [-0.15, -0.1) is 5.53 Å². The Kier molecular flexibility index (Phi) is 14.1. The second-order valence-corrected chi connectivity index (χ2v) is 14.1. The molecule has 5 heterocycles. The lowest BCUT2D eigenvalue weighted by Crippen LogP contribution is -2.45. The number of fused-ring (bicyclic) bond motifs is 3. The van der Waals surface area contributed by atoms with E-state index in [0.29, 0.717) is 24.1 Å². The van der Waals surface area contributed by atoms with Crippen LogP contribution in [0.1, 0.15) is 68.4 Å². The number of carbonyl (C=O) groups excluding carboxylic acids is 4. The van der Waals surface area contributed by atoms with E-state index in [1.165, 1.54) is 29.3 Å². The number of rotatable bonds is 7. The van der Waals surface area contributed by atoms with Gasteiger partial charge in [0.1, 0.15) is 24.6 Å². The highest BCUT2D eigenvalue weighted by atomic mass is 19.1. The van der Waals surface area contributed by atoms with Crippen LogP contribution in [0, 0.1) is 11.8 Å². The normalized spacial score (nSPS) is 24.8. The smallest absolute Gasteiger partial charge is 0.329 e. The maximum atomic E-state index is 14.8. The van der Waals surface area contributed by atoms with Gasteiger partial charge in [-0.1, -0.05) is 43.7 Å². The number of hydrogen-bond donors (Lipinski definition) is 7. The van der Waals surface area contributed by atoms with Gasteiger partial charge in [0.15, 0.2) is 11.6 Å². The van der Waals surface area contributed by atoms with Crippen LogP contribution in [-0.4, -0.2) is 104 Å². The summed E-state index contributed by atoms with van der Waals surface area (Å²) < 4.78 is 26.3. The van der Waals surface area contributed by atoms with Crippen molar-refractivity contribution in [2.24, 2.45) is 11.8 Å². The third-order valence-corrected chi connectivity index (χ3v) is 9.33. The first-order chi connectivity index (χ1) is 26.8. The van der Waals surface area contributed by atoms with Gasteiger partial charge in [-0.25, -0.2) is 19.0 Å². The number of aliphatic hydroxyl groups is 1. The Labute approximate surface area is 321 Å². The molecule has 3 amide bonds. The summed E-state index contributed by atoms with van der Waals surface area (Å²) in [6, 6.07) is -0.954. The van der Waals surface area contributed by atoms with Crippen molar-refractivity contribution in [3.8, 4) is 0 Å². The average molecular weight is 782 g/mol. The molecule has 0 aromatic carbocycles. The molecular formula is C37H48FN9O9. The molecule has 1 saturated heterocycles. The predicted molar refractivity (Wildman–Crippen MR) is 199 cm³/mol. The summed E-state index contributed by atoms with van der Waals surface area (Å²) >= 11 is 0. The van der Waals surface area contributed by atoms with Crippen molar-refractivity contribution in [3.05, 3.63) is 92.6 Å². The molecule has 19 heteroatoms. The van der Waals surface area contributed by atoms with Gasteiger partial charge in [-0.2, -0.15) is 0 Å². The zero-order chi connectivity index (χ0) is 40.4. The number of nitrogens with zero attached hydrogens (tertiary/aromatic N) is 3. The molecule has 0 aliphatic carbocycles. The number of aliphatic hydroxyl groups excluding tert-OH is 1. The molecule has 5 atom stereocenters. The molecule has 302 valence electrons. The summed E-state index contributed by atoms with van der Waals surface area (Å²) in [6.45, 7) is 6.16. The Morgan fingerprint density at radius 3 is 2.75 bits per heavy atom. The van der Waals surface area contributed by atoms with Crippen molar-refractivity contribution in [3.63, 3.8) is 0 Å². The number of alkyl halides is 1. The fraction of sp³-hybridized carbons (Fsp3) is 0.486. The summed E-state index contributed by atoms with van der Waals surface area (Å²) in [5, 5.41) is 17.5. The van der Waals surface area contributed by atoms with Gasteiger partial charge in [-0.05, 0) is 31.8 Å². The third-order valence-electron chi connectivity index (χ3n) is 9.33. The van der Waals surface area contributed by atoms with E-state index in [-0.39, 0.29) is 68.5 Å². The van der Waals surface area contributed by atoms with Crippen LogP contribution in [0.3, 0.4) is 0 Å². The van der Waals surface area contributed by atoms with E-state index in [1.54, 1.807) is 30.3 Å². The molecule has 0 unspecified atom stereocenters. The van der Waals surface area contributed by atoms with Gasteiger partial charge in [-0.3, -0.25) is 29.2 Å². The van der Waals surface area contributed by atoms with E-state index in [1.807, 2.05) is 13.8 Å². The van der Waals surface area contributed by atoms with Crippen molar-refractivity contribution in [2.45, 2.75) is 77.3 Å². The molecule has 0 radical (unpaired) electrons. The highest BCUT2D eigenvalue weighted by molar-refractivity contribution is 5.95. The van der Waals surface area contributed by atoms with Crippen LogP contribution in [0.4, 0.5) is 4.39 Å². The standard InChI is InChI=1S/C37H48FN9O9/c1-21(2)33-23(15-31(50)40-11-13-46-19-27(44-45-46)26-18-41-37(54)43-34(26)51)8-9-30(49)39-10-4-6-22(3)14-25(48)16-24(38)17-32-42-28(20-55-32)35(52)47-12-5-7-29(47)36(53)56-33/h4,6,8-9,14,18-21,23-25,29,33,44-45,48H,5,7,10-13,15-17H2,1-3H3,(H,39,49)(H,40,50)(H2,41,43,51,54)/b6-4?,9-8+,22-14?/t23-,24+,25+,29+,33+/m0/s1. The van der Waals surface area contributed by atoms with Gasteiger partial charge < -0.3 is 40.2 Å². The molecule has 7 N–H and O–H groups in total. The summed E-state index contributed by atoms with van der Waals surface area (Å²) in [5.74, 6) is -3.21. The third kappa shape index (κ3) is 11.4. The number of H-pyrrole nitrogens is 2. The monoisotopic (exact) mass is 781 g/mol. The topological polar surface area (TPSA) is 244 Å². The van der Waals surface area contributed by atoms with Crippen molar-refractivity contribution >= 4 is 29.4 Å². The number of ether oxygens (including phenoxy) is 1. The summed E-state index contributed by atoms with van der Waals surface area (Å²) in [7, 11) is 0. The number of aromatic amines is 2. The zero-order valence-electron chi connectivity index (χ0n) is 31.4. The van der Waals surface area contributed by atoms with E-state index in [4.69, 9.17) is 9.15 Å². The lowest BCUT2D eigenvalue weighted by atomic mass is 9.89. The highest BCUT2D eigenvalue weighted by Gasteiger charge is 2.39. The molecule has 56 heavy (non-hydrogen) atoms. The predicted octanol–water partition coefficient (Wildman–Crippen LogP) is 0.490. The molecule has 0 saturated carbocycles. The summed E-state index contributed by atoms with van der Waals surface area (Å²) in [4.78, 5) is 87.1. The quantitative estimate of drug-likeness (QED) is 0.190. The second kappa shape index (κ2) is 19.2. The fourth-order valence-corrected chi connectivity index (χ4v) is 6.59. The molecule has 3 aliphatic heterocycles. The van der Waals surface area contributed by atoms with E-state index < -0.39 is 65.3 Å². The Bertz CT molecular complexity index is 1980. The zero-order valence-corrected chi connectivity index (χ0v) is 31.4. The molecule has 2 aromatic rings. The van der Waals surface area contributed by atoms with Crippen LogP contribution in [0.2, 0.25) is 0 Å². The highest BCUT2D eigenvalue weighted by Crippen LogP contribution is 2.27. The minimum atomic E-state index is -1.52. The van der Waals surface area contributed by atoms with Crippen LogP contribution in [0.25, 0.3) is 5.70 Å². The number of oxazole rings is 1. The number of hydrogen-bond acceptors (Lipinski definition) is 13. The lowest BCUT2D eigenvalue weighted by molar-refractivity contribution is -0.159. The lowest BCUT2D eigenvalue weighted by Gasteiger charge is -2.31. The number of hydrazine groups is 2. The Hall–Kier alpha value is -5.82. The number of nitrogens with one attached hydrogen (secondary N) is 6.